The van der Waals surface area contributed by atoms with E-state index >= 15 is 0 Å². The number of H-pyrrole nitrogens is 1. The van der Waals surface area contributed by atoms with Crippen molar-refractivity contribution >= 4 is 0 Å². The molecule has 0 spiro atoms. The Morgan fingerprint density at radius 1 is 1.13 bits per heavy atom. The summed E-state index contributed by atoms with van der Waals surface area (Å²) in [5, 5.41) is 9.00. The van der Waals surface area contributed by atoms with E-state index in [9.17, 15) is 4.79 Å². The van der Waals surface area contributed by atoms with Crippen LogP contribution in [0, 0.1) is 17.8 Å². The average Bonchev–Trinajstić information content (AvgIpc) is 3.68. The molecule has 0 amide bonds. The van der Waals surface area contributed by atoms with Crippen molar-refractivity contribution in [1.29, 1.82) is 0 Å². The lowest BCUT2D eigenvalue weighted by Gasteiger charge is -2.37. The molecule has 4 fully saturated rings. The molecule has 0 aromatic carbocycles. The van der Waals surface area contributed by atoms with Crippen LogP contribution in [0.4, 0.5) is 0 Å². The Bertz CT molecular complexity index is 947. The fourth-order valence-electron chi connectivity index (χ4n) is 5.46. The Hall–Kier alpha value is -1.99. The molecule has 0 radical (unpaired) electrons. The molecule has 4 atom stereocenters. The molecule has 0 bridgehead atoms. The Kier molecular flexibility index (Phi) is 4.76. The van der Waals surface area contributed by atoms with Crippen LogP contribution in [-0.4, -0.2) is 50.7 Å². The fraction of sp³-hybridized carbons (Fsp3) is 0.696. The smallest absolute Gasteiger partial charge is 0.252 e. The van der Waals surface area contributed by atoms with Gasteiger partial charge in [-0.1, -0.05) is 11.3 Å². The third kappa shape index (κ3) is 3.85. The van der Waals surface area contributed by atoms with Crippen LogP contribution < -0.4 is 5.56 Å². The van der Waals surface area contributed by atoms with Crippen LogP contribution in [-0.2, 0) is 11.3 Å². The maximum atomic E-state index is 12.1. The number of likely N-dealkylation sites (tertiary alicyclic amines) is 1. The zero-order valence-corrected chi connectivity index (χ0v) is 17.4. The Balaban J connectivity index is 1.18. The Morgan fingerprint density at radius 2 is 1.97 bits per heavy atom. The van der Waals surface area contributed by atoms with Gasteiger partial charge in [-0.2, -0.15) is 0 Å². The number of aromatic amines is 1. The van der Waals surface area contributed by atoms with Crippen molar-refractivity contribution in [2.24, 2.45) is 17.8 Å². The predicted molar refractivity (Wildman–Crippen MR) is 112 cm³/mol. The second kappa shape index (κ2) is 7.61. The molecule has 160 valence electrons. The molecule has 2 aromatic rings. The van der Waals surface area contributed by atoms with E-state index in [0.717, 1.165) is 56.3 Å². The number of nitrogens with zero attached hydrogens (tertiary/aromatic N) is 4. The summed E-state index contributed by atoms with van der Waals surface area (Å²) < 4.78 is 8.60. The zero-order valence-electron chi connectivity index (χ0n) is 17.4. The summed E-state index contributed by atoms with van der Waals surface area (Å²) in [6.07, 6.45) is 11.4. The fourth-order valence-corrected chi connectivity index (χ4v) is 5.46. The molecule has 3 aliphatic carbocycles. The van der Waals surface area contributed by atoms with E-state index < -0.39 is 0 Å². The monoisotopic (exact) mass is 409 g/mol. The van der Waals surface area contributed by atoms with Gasteiger partial charge in [-0.15, -0.1) is 5.10 Å². The highest BCUT2D eigenvalue weighted by atomic mass is 16.5. The van der Waals surface area contributed by atoms with Gasteiger partial charge in [-0.3, -0.25) is 9.69 Å². The number of aromatic nitrogens is 4. The summed E-state index contributed by atoms with van der Waals surface area (Å²) in [6.45, 7) is 3.73. The van der Waals surface area contributed by atoms with Crippen molar-refractivity contribution in [1.82, 2.24) is 24.9 Å². The minimum absolute atomic E-state index is 0.0334. The number of hydrogen-bond acceptors (Lipinski definition) is 5. The SMILES string of the molecule is O=c1[nH]cccc1CN1C[C@H]2C[C@@H](n3cc(C4CC4)nn3)[C@H](OCC3CC3)C[C@H]2C1. The average molecular weight is 410 g/mol. The van der Waals surface area contributed by atoms with Crippen LogP contribution in [0.15, 0.2) is 29.3 Å². The van der Waals surface area contributed by atoms with Crippen molar-refractivity contribution in [3.8, 4) is 0 Å². The number of pyridine rings is 1. The highest BCUT2D eigenvalue weighted by Gasteiger charge is 2.44. The number of fused-ring (bicyclic) bond motifs is 1. The summed E-state index contributed by atoms with van der Waals surface area (Å²) in [5.41, 5.74) is 2.06. The van der Waals surface area contributed by atoms with Gasteiger partial charge < -0.3 is 9.72 Å². The molecule has 3 heterocycles. The molecule has 4 aliphatic rings. The third-order valence-electron chi connectivity index (χ3n) is 7.56. The lowest BCUT2D eigenvalue weighted by molar-refractivity contribution is -0.0375. The van der Waals surface area contributed by atoms with Crippen molar-refractivity contribution in [3.63, 3.8) is 0 Å². The second-order valence-electron chi connectivity index (χ2n) is 9.99. The van der Waals surface area contributed by atoms with Gasteiger partial charge in [0, 0.05) is 50.1 Å². The number of nitrogens with one attached hydrogen (secondary N) is 1. The van der Waals surface area contributed by atoms with E-state index in [1.165, 1.54) is 25.7 Å². The summed E-state index contributed by atoms with van der Waals surface area (Å²) in [6, 6.07) is 4.14. The van der Waals surface area contributed by atoms with Crippen LogP contribution in [0.2, 0.25) is 0 Å². The third-order valence-corrected chi connectivity index (χ3v) is 7.56. The molecular weight excluding hydrogens is 378 g/mol. The minimum atomic E-state index is 0.0334. The summed E-state index contributed by atoms with van der Waals surface area (Å²) in [5.74, 6) is 2.67. The molecule has 7 heteroatoms. The first-order chi connectivity index (χ1) is 14.7. The van der Waals surface area contributed by atoms with Gasteiger partial charge in [0.05, 0.1) is 17.8 Å². The van der Waals surface area contributed by atoms with Crippen molar-refractivity contribution in [2.75, 3.05) is 19.7 Å². The summed E-state index contributed by atoms with van der Waals surface area (Å²) >= 11 is 0. The molecule has 0 unspecified atom stereocenters. The van der Waals surface area contributed by atoms with Crippen molar-refractivity contribution in [2.45, 2.75) is 63.1 Å². The minimum Gasteiger partial charge on any atom is -0.376 e. The van der Waals surface area contributed by atoms with Crippen LogP contribution in [0.5, 0.6) is 0 Å². The van der Waals surface area contributed by atoms with Crippen LogP contribution in [0.25, 0.3) is 0 Å². The largest absolute Gasteiger partial charge is 0.376 e. The van der Waals surface area contributed by atoms with E-state index in [2.05, 4.69) is 31.1 Å². The number of rotatable bonds is 7. The van der Waals surface area contributed by atoms with Crippen LogP contribution in [0.3, 0.4) is 0 Å². The van der Waals surface area contributed by atoms with Gasteiger partial charge in [0.25, 0.3) is 5.56 Å². The predicted octanol–water partition coefficient (Wildman–Crippen LogP) is 2.72. The Morgan fingerprint density at radius 3 is 2.73 bits per heavy atom. The summed E-state index contributed by atoms with van der Waals surface area (Å²) in [7, 11) is 0. The van der Waals surface area contributed by atoms with E-state index in [1.54, 1.807) is 6.20 Å². The molecule has 6 rings (SSSR count). The van der Waals surface area contributed by atoms with Crippen LogP contribution in [0.1, 0.15) is 61.7 Å². The lowest BCUT2D eigenvalue weighted by atomic mass is 9.77. The highest BCUT2D eigenvalue weighted by molar-refractivity contribution is 5.11. The number of ether oxygens (including phenoxy) is 1. The first-order valence-electron chi connectivity index (χ1n) is 11.6. The molecule has 1 saturated heterocycles. The molecular formula is C23H31N5O2. The van der Waals surface area contributed by atoms with Gasteiger partial charge in [-0.05, 0) is 62.3 Å². The lowest BCUT2D eigenvalue weighted by Crippen LogP contribution is -2.38. The topological polar surface area (TPSA) is 76.0 Å². The summed E-state index contributed by atoms with van der Waals surface area (Å²) in [4.78, 5) is 17.4. The highest BCUT2D eigenvalue weighted by Crippen LogP contribution is 2.44. The van der Waals surface area contributed by atoms with Crippen LogP contribution >= 0.6 is 0 Å². The van der Waals surface area contributed by atoms with E-state index in [-0.39, 0.29) is 17.7 Å². The molecule has 30 heavy (non-hydrogen) atoms. The van der Waals surface area contributed by atoms with E-state index in [1.807, 2.05) is 12.1 Å². The first-order valence-corrected chi connectivity index (χ1v) is 11.6. The maximum Gasteiger partial charge on any atom is 0.252 e. The maximum absolute atomic E-state index is 12.1. The number of hydrogen-bond donors (Lipinski definition) is 1. The van der Waals surface area contributed by atoms with Crippen molar-refractivity contribution < 1.29 is 4.74 Å². The molecule has 3 saturated carbocycles. The quantitative estimate of drug-likeness (QED) is 0.761. The van der Waals surface area contributed by atoms with Gasteiger partial charge in [0.15, 0.2) is 0 Å². The normalized spacial score (nSPS) is 31.7. The van der Waals surface area contributed by atoms with Gasteiger partial charge >= 0.3 is 0 Å². The van der Waals surface area contributed by atoms with Gasteiger partial charge in [0.2, 0.25) is 0 Å². The molecule has 1 aliphatic heterocycles. The van der Waals surface area contributed by atoms with E-state index in [4.69, 9.17) is 4.74 Å². The van der Waals surface area contributed by atoms with Gasteiger partial charge in [0.1, 0.15) is 0 Å². The molecule has 1 N–H and O–H groups in total. The standard InChI is InChI=1S/C23H31N5O2/c29-23-17(2-1-7-24-23)10-27-11-18-8-21(28-13-20(25-26-28)16-5-6-16)22(9-19(18)12-27)30-14-15-3-4-15/h1-2,7,13,15-16,18-19,21-22H,3-6,8-12,14H2,(H,24,29)/t18-,19+,21-,22-/m1/s1. The zero-order chi connectivity index (χ0) is 20.1. The van der Waals surface area contributed by atoms with E-state index in [0.29, 0.717) is 17.8 Å². The molecule has 2 aromatic heterocycles. The Labute approximate surface area is 176 Å². The first kappa shape index (κ1) is 18.8. The molecule has 7 nitrogen and oxygen atoms in total. The second-order valence-corrected chi connectivity index (χ2v) is 9.99. The van der Waals surface area contributed by atoms with Crippen molar-refractivity contribution in [3.05, 3.63) is 46.1 Å². The van der Waals surface area contributed by atoms with Gasteiger partial charge in [-0.25, -0.2) is 4.68 Å².